The molecule has 0 radical (unpaired) electrons. The van der Waals surface area contributed by atoms with Crippen LogP contribution in [0.4, 0.5) is 0 Å². The average Bonchev–Trinajstić information content (AvgIpc) is 2.17. The first-order valence-corrected chi connectivity index (χ1v) is 4.04. The van der Waals surface area contributed by atoms with Gasteiger partial charge in [0.2, 0.25) is 0 Å². The third-order valence-corrected chi connectivity index (χ3v) is 1.98. The van der Waals surface area contributed by atoms with Crippen LogP contribution in [0.15, 0.2) is 29.8 Å². The minimum absolute atomic E-state index is 0. The van der Waals surface area contributed by atoms with Gasteiger partial charge >= 0.3 is 0 Å². The number of amidine groups is 1. The second-order valence-electron chi connectivity index (χ2n) is 2.91. The first-order chi connectivity index (χ1) is 6.27. The summed E-state index contributed by atoms with van der Waals surface area (Å²) in [4.78, 5) is 0. The average molecular weight is 211 g/mol. The van der Waals surface area contributed by atoms with Crippen molar-refractivity contribution in [2.45, 2.75) is 0 Å². The van der Waals surface area contributed by atoms with Gasteiger partial charge in [0.05, 0.1) is 0 Å². The van der Waals surface area contributed by atoms with Gasteiger partial charge in [0.25, 0.3) is 0 Å². The summed E-state index contributed by atoms with van der Waals surface area (Å²) in [5.41, 5.74) is 7.08. The molecule has 2 rings (SSSR count). The molecule has 1 aliphatic heterocycles. The normalized spacial score (nSPS) is 13.0. The van der Waals surface area contributed by atoms with E-state index < -0.39 is 0 Å². The van der Waals surface area contributed by atoms with Gasteiger partial charge in [0.1, 0.15) is 18.2 Å². The number of benzene rings is 1. The Morgan fingerprint density at radius 1 is 1.36 bits per heavy atom. The second kappa shape index (κ2) is 4.15. The maximum absolute atomic E-state index is 7.26. The minimum Gasteiger partial charge on any atom is -0.488 e. The van der Waals surface area contributed by atoms with Crippen molar-refractivity contribution in [3.63, 3.8) is 0 Å². The zero-order valence-corrected chi connectivity index (χ0v) is 8.30. The van der Waals surface area contributed by atoms with E-state index in [1.54, 1.807) is 0 Å². The highest BCUT2D eigenvalue weighted by molar-refractivity contribution is 5.99. The van der Waals surface area contributed by atoms with Crippen molar-refractivity contribution in [2.75, 3.05) is 6.61 Å². The number of para-hydroxylation sites is 1. The van der Waals surface area contributed by atoms with Crippen LogP contribution in [-0.2, 0) is 0 Å². The molecule has 0 amide bonds. The van der Waals surface area contributed by atoms with Crippen molar-refractivity contribution in [3.8, 4) is 5.75 Å². The van der Waals surface area contributed by atoms with E-state index in [0.717, 1.165) is 16.9 Å². The monoisotopic (exact) mass is 210 g/mol. The Morgan fingerprint density at radius 2 is 2.07 bits per heavy atom. The van der Waals surface area contributed by atoms with Gasteiger partial charge in [-0.3, -0.25) is 5.41 Å². The summed E-state index contributed by atoms with van der Waals surface area (Å²) in [6, 6.07) is 7.70. The third-order valence-electron chi connectivity index (χ3n) is 1.98. The predicted molar refractivity (Wildman–Crippen MR) is 59.1 cm³/mol. The number of ether oxygens (including phenoxy) is 1. The Kier molecular flexibility index (Phi) is 3.14. The molecule has 0 bridgehead atoms. The van der Waals surface area contributed by atoms with Crippen molar-refractivity contribution in [1.82, 2.24) is 0 Å². The van der Waals surface area contributed by atoms with Crippen LogP contribution in [0.5, 0.6) is 5.75 Å². The summed E-state index contributed by atoms with van der Waals surface area (Å²) in [5.74, 6) is 0.932. The molecular formula is C10H11ClN2O. The van der Waals surface area contributed by atoms with Gasteiger partial charge < -0.3 is 10.5 Å². The second-order valence-corrected chi connectivity index (χ2v) is 2.91. The van der Waals surface area contributed by atoms with Crippen LogP contribution >= 0.6 is 12.4 Å². The summed E-state index contributed by atoms with van der Waals surface area (Å²) >= 11 is 0. The number of hydrogen-bond acceptors (Lipinski definition) is 2. The number of nitrogens with one attached hydrogen (secondary N) is 1. The Balaban J connectivity index is 0.000000980. The predicted octanol–water partition coefficient (Wildman–Crippen LogP) is 1.82. The largest absolute Gasteiger partial charge is 0.488 e. The molecule has 3 N–H and O–H groups in total. The van der Waals surface area contributed by atoms with Crippen molar-refractivity contribution >= 4 is 24.3 Å². The maximum atomic E-state index is 7.26. The van der Waals surface area contributed by atoms with Gasteiger partial charge in [0.15, 0.2) is 0 Å². The molecular weight excluding hydrogens is 200 g/mol. The molecule has 0 saturated carbocycles. The lowest BCUT2D eigenvalue weighted by Crippen LogP contribution is -2.20. The molecule has 14 heavy (non-hydrogen) atoms. The van der Waals surface area contributed by atoms with Crippen molar-refractivity contribution in [3.05, 3.63) is 35.4 Å². The van der Waals surface area contributed by atoms with E-state index in [2.05, 4.69) is 0 Å². The van der Waals surface area contributed by atoms with Gasteiger partial charge in [-0.15, -0.1) is 12.4 Å². The smallest absolute Gasteiger partial charge is 0.127 e. The lowest BCUT2D eigenvalue weighted by molar-refractivity contribution is 0.353. The highest BCUT2D eigenvalue weighted by atomic mass is 35.5. The molecule has 3 nitrogen and oxygen atoms in total. The molecule has 0 aliphatic carbocycles. The van der Waals surface area contributed by atoms with Crippen LogP contribution < -0.4 is 10.5 Å². The van der Waals surface area contributed by atoms with Crippen LogP contribution in [0.2, 0.25) is 0 Å². The van der Waals surface area contributed by atoms with Crippen LogP contribution in [0.3, 0.4) is 0 Å². The number of fused-ring (bicyclic) bond motifs is 1. The number of rotatable bonds is 1. The fraction of sp³-hybridized carbons (Fsp3) is 0.100. The lowest BCUT2D eigenvalue weighted by Gasteiger charge is -2.16. The molecule has 4 heteroatoms. The quantitative estimate of drug-likeness (QED) is 0.549. The maximum Gasteiger partial charge on any atom is 0.127 e. The summed E-state index contributed by atoms with van der Waals surface area (Å²) in [5, 5.41) is 7.26. The van der Waals surface area contributed by atoms with Gasteiger partial charge in [-0.25, -0.2) is 0 Å². The van der Waals surface area contributed by atoms with E-state index in [9.17, 15) is 0 Å². The standard InChI is InChI=1S/C10H10N2O.ClH/c11-10(12)8-5-7-3-1-2-4-9(7)13-6-8;/h1-5H,6H2,(H3,11,12);1H. The lowest BCUT2D eigenvalue weighted by atomic mass is 10.1. The molecule has 0 atom stereocenters. The van der Waals surface area contributed by atoms with Gasteiger partial charge in [-0.2, -0.15) is 0 Å². The first kappa shape index (κ1) is 10.6. The Labute approximate surface area is 88.5 Å². The molecule has 0 unspecified atom stereocenters. The highest BCUT2D eigenvalue weighted by Crippen LogP contribution is 2.25. The van der Waals surface area contributed by atoms with E-state index in [0.29, 0.717) is 6.61 Å². The number of hydrogen-bond donors (Lipinski definition) is 2. The number of nitrogens with two attached hydrogens (primary N) is 1. The summed E-state index contributed by atoms with van der Waals surface area (Å²) in [6.45, 7) is 0.395. The highest BCUT2D eigenvalue weighted by Gasteiger charge is 2.11. The zero-order chi connectivity index (χ0) is 9.26. The fourth-order valence-corrected chi connectivity index (χ4v) is 1.27. The van der Waals surface area contributed by atoms with E-state index in [4.69, 9.17) is 15.9 Å². The van der Waals surface area contributed by atoms with E-state index in [1.165, 1.54) is 0 Å². The molecule has 0 saturated heterocycles. The van der Waals surface area contributed by atoms with E-state index in [-0.39, 0.29) is 18.2 Å². The minimum atomic E-state index is 0. The van der Waals surface area contributed by atoms with Crippen LogP contribution in [0.1, 0.15) is 5.56 Å². The van der Waals surface area contributed by atoms with Crippen molar-refractivity contribution < 1.29 is 4.74 Å². The van der Waals surface area contributed by atoms with E-state index in [1.807, 2.05) is 30.3 Å². The van der Waals surface area contributed by atoms with Gasteiger partial charge in [-0.1, -0.05) is 18.2 Å². The molecule has 1 heterocycles. The molecule has 1 aliphatic rings. The van der Waals surface area contributed by atoms with Crippen molar-refractivity contribution in [2.24, 2.45) is 5.73 Å². The number of halogens is 1. The van der Waals surface area contributed by atoms with Gasteiger partial charge in [-0.05, 0) is 12.1 Å². The summed E-state index contributed by atoms with van der Waals surface area (Å²) in [7, 11) is 0. The molecule has 74 valence electrons. The molecule has 1 aromatic rings. The first-order valence-electron chi connectivity index (χ1n) is 4.04. The zero-order valence-electron chi connectivity index (χ0n) is 7.49. The molecule has 0 aromatic heterocycles. The van der Waals surface area contributed by atoms with E-state index >= 15 is 0 Å². The fourth-order valence-electron chi connectivity index (χ4n) is 1.27. The van der Waals surface area contributed by atoms with Crippen LogP contribution in [0.25, 0.3) is 6.08 Å². The summed E-state index contributed by atoms with van der Waals surface area (Å²) < 4.78 is 5.41. The Morgan fingerprint density at radius 3 is 2.79 bits per heavy atom. The molecule has 0 spiro atoms. The Hall–Kier alpha value is -1.48. The van der Waals surface area contributed by atoms with Gasteiger partial charge in [0, 0.05) is 11.1 Å². The molecule has 0 fully saturated rings. The van der Waals surface area contributed by atoms with Crippen LogP contribution in [0, 0.1) is 5.41 Å². The van der Waals surface area contributed by atoms with Crippen LogP contribution in [-0.4, -0.2) is 12.4 Å². The van der Waals surface area contributed by atoms with Crippen molar-refractivity contribution in [1.29, 1.82) is 5.41 Å². The Bertz CT molecular complexity index is 387. The third kappa shape index (κ3) is 1.88. The topological polar surface area (TPSA) is 59.1 Å². The SMILES string of the molecule is Cl.N=C(N)C1=Cc2ccccc2OC1. The molecule has 1 aromatic carbocycles. The summed E-state index contributed by atoms with van der Waals surface area (Å²) in [6.07, 6.45) is 1.89.